The quantitative estimate of drug-likeness (QED) is 0.0948. The fraction of sp³-hybridized carbons (Fsp3) is 0.207. The highest BCUT2D eigenvalue weighted by atomic mass is 14.9. The van der Waals surface area contributed by atoms with Gasteiger partial charge in [-0.2, -0.15) is 0 Å². The van der Waals surface area contributed by atoms with Gasteiger partial charge in [0.15, 0.2) is 24.8 Å². The molecule has 0 saturated carbocycles. The molecule has 0 fully saturated rings. The highest BCUT2D eigenvalue weighted by molar-refractivity contribution is 6.18. The zero-order chi connectivity index (χ0) is 86.7. The van der Waals surface area contributed by atoms with Crippen LogP contribution in [0.3, 0.4) is 0 Å². The van der Waals surface area contributed by atoms with Crippen molar-refractivity contribution in [2.45, 2.75) is 138 Å². The molecular weight excluding hydrogens is 1450 g/mol. The normalized spacial score (nSPS) is 10.3. The Morgan fingerprint density at radius 3 is 0.683 bits per heavy atom. The molecule has 0 unspecified atom stereocenters. The van der Waals surface area contributed by atoms with E-state index >= 15 is 0 Å². The summed E-state index contributed by atoms with van der Waals surface area (Å²) in [6, 6.07) is 115. The van der Waals surface area contributed by atoms with Gasteiger partial charge in [-0.25, -0.2) is 18.3 Å². The van der Waals surface area contributed by atoms with Crippen LogP contribution in [0.15, 0.2) is 340 Å². The zero-order valence-corrected chi connectivity index (χ0v) is 76.1. The summed E-state index contributed by atoms with van der Waals surface area (Å²) in [4.78, 5) is 0. The van der Waals surface area contributed by atoms with Gasteiger partial charge >= 0.3 is 0 Å². The Balaban J connectivity index is 0.000000172. The Kier molecular flexibility index (Phi) is 33.5. The maximum atomic E-state index is 2.35. The van der Waals surface area contributed by atoms with E-state index in [0.717, 1.165) is 0 Å². The molecular formula is C116H128N4+4. The average Bonchev–Trinajstić information content (AvgIpc) is 0.711. The van der Waals surface area contributed by atoms with Gasteiger partial charge in [-0.1, -0.05) is 275 Å². The molecule has 0 aliphatic carbocycles. The highest BCUT2D eigenvalue weighted by Gasteiger charge is 2.19. The number of hydrogen-bond donors (Lipinski definition) is 0. The first-order valence-electron chi connectivity index (χ1n) is 44.1. The van der Waals surface area contributed by atoms with E-state index in [1.165, 1.54) is 197 Å². The Morgan fingerprint density at radius 1 is 0.142 bits per heavy atom. The van der Waals surface area contributed by atoms with Gasteiger partial charge in [-0.3, -0.25) is 0 Å². The Hall–Kier alpha value is -12.8. The molecule has 4 heterocycles. The van der Waals surface area contributed by atoms with Crippen molar-refractivity contribution >= 4 is 129 Å². The van der Waals surface area contributed by atoms with E-state index in [4.69, 9.17) is 0 Å². The minimum atomic E-state index is 1.24. The second-order valence-electron chi connectivity index (χ2n) is 28.3. The van der Waals surface area contributed by atoms with E-state index in [-0.39, 0.29) is 0 Å². The molecule has 0 N–H and O–H groups in total. The van der Waals surface area contributed by atoms with Crippen molar-refractivity contribution in [3.8, 4) is 45.0 Å². The number of aromatic nitrogens is 4. The van der Waals surface area contributed by atoms with Crippen LogP contribution in [0.5, 0.6) is 0 Å². The molecule has 120 heavy (non-hydrogen) atoms. The molecule has 4 heteroatoms. The van der Waals surface area contributed by atoms with Gasteiger partial charge in [-0.05, 0) is 282 Å². The van der Waals surface area contributed by atoms with Gasteiger partial charge in [0.25, 0.3) is 0 Å². The summed E-state index contributed by atoms with van der Waals surface area (Å²) in [7, 11) is 8.41. The fourth-order valence-electron chi connectivity index (χ4n) is 16.0. The van der Waals surface area contributed by atoms with Crippen LogP contribution in [0.4, 0.5) is 0 Å². The van der Waals surface area contributed by atoms with E-state index in [1.807, 2.05) is 111 Å². The summed E-state index contributed by atoms with van der Waals surface area (Å²) in [6.45, 7) is 40.8. The predicted octanol–water partition coefficient (Wildman–Crippen LogP) is 32.0. The third-order valence-electron chi connectivity index (χ3n) is 21.5. The summed E-state index contributed by atoms with van der Waals surface area (Å²) in [5, 5.41) is 31.3. The SMILES string of the molecule is CC.CC.CC.CC.CC.CC.CC.CC.Cc1cc2c(ccc3c4ccccc4ccc23)cc1-c1cccc[n+]1C.Cc1cc2cc3c(ccc4ccccc43)cc2cc1-c1cccc[n+]1C.Cc1cc2cc3cc4ccccc4cc3cc2cc1-c1cccc[n+]1C.Cc1cc2cc3ccc4ccccc4c3cc2cc1-c1cccc[n+]1C. The van der Waals surface area contributed by atoms with Crippen LogP contribution < -0.4 is 18.3 Å². The summed E-state index contributed by atoms with van der Waals surface area (Å²) in [6.07, 6.45) is 8.41. The Bertz CT molecular complexity index is 6630. The van der Waals surface area contributed by atoms with Crippen molar-refractivity contribution in [3.05, 3.63) is 362 Å². The maximum Gasteiger partial charge on any atom is 0.212 e. The number of rotatable bonds is 4. The lowest BCUT2D eigenvalue weighted by molar-refractivity contribution is -0.660. The largest absolute Gasteiger partial charge is 0.212 e. The van der Waals surface area contributed by atoms with Crippen molar-refractivity contribution in [2.24, 2.45) is 28.2 Å². The first-order chi connectivity index (χ1) is 58.8. The van der Waals surface area contributed by atoms with Crippen LogP contribution >= 0.6 is 0 Å². The number of pyridine rings is 4. The van der Waals surface area contributed by atoms with Crippen molar-refractivity contribution in [1.82, 2.24) is 0 Å². The topological polar surface area (TPSA) is 15.5 Å². The second kappa shape index (κ2) is 44.2. The molecule has 0 bridgehead atoms. The predicted molar refractivity (Wildman–Crippen MR) is 532 cm³/mol. The van der Waals surface area contributed by atoms with E-state index in [1.54, 1.807) is 0 Å². The summed E-state index contributed by atoms with van der Waals surface area (Å²) >= 11 is 0. The lowest BCUT2D eigenvalue weighted by Crippen LogP contribution is -2.30. The van der Waals surface area contributed by atoms with Crippen molar-refractivity contribution < 1.29 is 18.3 Å². The number of nitrogens with zero attached hydrogens (tertiary/aromatic N) is 4. The van der Waals surface area contributed by atoms with Gasteiger partial charge in [0.05, 0.1) is 0 Å². The molecule has 16 aromatic carbocycles. The molecule has 0 saturated heterocycles. The lowest BCUT2D eigenvalue weighted by Gasteiger charge is -2.11. The van der Waals surface area contributed by atoms with Crippen LogP contribution in [-0.4, -0.2) is 0 Å². The van der Waals surface area contributed by atoms with Crippen molar-refractivity contribution in [2.75, 3.05) is 0 Å². The van der Waals surface area contributed by atoms with Crippen LogP contribution in [0.1, 0.15) is 133 Å². The first-order valence-corrected chi connectivity index (χ1v) is 44.1. The van der Waals surface area contributed by atoms with E-state index in [0.29, 0.717) is 0 Å². The molecule has 4 nitrogen and oxygen atoms in total. The monoisotopic (exact) mass is 1580 g/mol. The molecule has 0 aliphatic heterocycles. The summed E-state index contributed by atoms with van der Waals surface area (Å²) in [5.74, 6) is 0. The zero-order valence-electron chi connectivity index (χ0n) is 76.1. The van der Waals surface area contributed by atoms with Crippen LogP contribution in [0, 0.1) is 27.7 Å². The van der Waals surface area contributed by atoms with E-state index in [2.05, 4.69) is 414 Å². The average molecular weight is 1580 g/mol. The number of hydrogen-bond acceptors (Lipinski definition) is 0. The smallest absolute Gasteiger partial charge is 0.201 e. The van der Waals surface area contributed by atoms with E-state index in [9.17, 15) is 0 Å². The van der Waals surface area contributed by atoms with E-state index < -0.39 is 0 Å². The van der Waals surface area contributed by atoms with Crippen LogP contribution in [0.25, 0.3) is 174 Å². The number of fused-ring (bicyclic) bond motifs is 16. The Morgan fingerprint density at radius 2 is 0.342 bits per heavy atom. The standard InChI is InChI=1S/4C25H20N.8C2H6/c1-17-15-24-19(16-23(17)25-9-5-6-14-26(25)2)11-13-21-20-8-4-3-7-18(20)10-12-22(21)24;1-17-13-20-16-24-19(11-10-18-7-3-4-8-22(18)24)14-21(20)15-23(17)25-9-5-6-12-26(25)2;1-17-13-20-14-19-11-10-18-7-3-4-8-22(18)24(19)16-21(20)15-23(17)25-9-5-6-12-26(25)2;1-17-11-20-14-21-12-18-7-3-4-8-19(18)13-22(21)15-23(20)16-24(17)25-9-5-6-10-26(25)2;8*1-2/h4*3-16H,1-2H3;8*1-2H3/q4*+1;;;;;;;;. The molecule has 0 spiro atoms. The third-order valence-corrected chi connectivity index (χ3v) is 21.5. The van der Waals surface area contributed by atoms with Gasteiger partial charge in [-0.15, -0.1) is 0 Å². The molecule has 608 valence electrons. The third kappa shape index (κ3) is 20.0. The summed E-state index contributed by atoms with van der Waals surface area (Å²) in [5.41, 5.74) is 15.4. The molecule has 4 aromatic heterocycles. The molecule has 0 amide bonds. The van der Waals surface area contributed by atoms with Crippen molar-refractivity contribution in [1.29, 1.82) is 0 Å². The van der Waals surface area contributed by atoms with Crippen LogP contribution in [-0.2, 0) is 28.2 Å². The molecule has 0 aliphatic rings. The fourth-order valence-corrected chi connectivity index (χ4v) is 16.0. The minimum absolute atomic E-state index is 1.24. The van der Waals surface area contributed by atoms with Crippen LogP contribution in [0.2, 0.25) is 0 Å². The number of benzene rings is 16. The number of aryl methyl sites for hydroxylation is 8. The Labute approximate surface area is 717 Å². The maximum absolute atomic E-state index is 2.35. The molecule has 20 rings (SSSR count). The summed E-state index contributed by atoms with van der Waals surface area (Å²) < 4.78 is 8.73. The van der Waals surface area contributed by atoms with Gasteiger partial charge in [0.2, 0.25) is 22.8 Å². The molecule has 20 aromatic rings. The first kappa shape index (κ1) is 91.1. The van der Waals surface area contributed by atoms with Gasteiger partial charge in [0.1, 0.15) is 28.2 Å². The lowest BCUT2D eigenvalue weighted by atomic mass is 9.93. The second-order valence-corrected chi connectivity index (χ2v) is 28.3. The van der Waals surface area contributed by atoms with Gasteiger partial charge < -0.3 is 0 Å². The minimum Gasteiger partial charge on any atom is -0.201 e. The van der Waals surface area contributed by atoms with Crippen molar-refractivity contribution in [3.63, 3.8) is 0 Å². The molecule has 0 radical (unpaired) electrons. The van der Waals surface area contributed by atoms with Gasteiger partial charge in [0, 0.05) is 70.8 Å². The molecule has 0 atom stereocenters. The highest BCUT2D eigenvalue weighted by Crippen LogP contribution is 2.39.